The van der Waals surface area contributed by atoms with Gasteiger partial charge in [-0.1, -0.05) is 18.2 Å². The summed E-state index contributed by atoms with van der Waals surface area (Å²) in [4.78, 5) is 28.9. The van der Waals surface area contributed by atoms with Gasteiger partial charge >= 0.3 is 0 Å². The number of halogens is 1. The van der Waals surface area contributed by atoms with Crippen molar-refractivity contribution in [3.8, 4) is 0 Å². The molecule has 0 spiro atoms. The Kier molecular flexibility index (Phi) is 6.52. The summed E-state index contributed by atoms with van der Waals surface area (Å²) in [5.74, 6) is -0.464. The van der Waals surface area contributed by atoms with Gasteiger partial charge in [0, 0.05) is 11.8 Å². The summed E-state index contributed by atoms with van der Waals surface area (Å²) in [5.41, 5.74) is 2.27. The zero-order valence-electron chi connectivity index (χ0n) is 14.1. The number of anilines is 1. The average Bonchev–Trinajstić information content (AvgIpc) is 3.07. The van der Waals surface area contributed by atoms with Crippen LogP contribution in [0.15, 0.2) is 65.4 Å². The van der Waals surface area contributed by atoms with E-state index in [4.69, 9.17) is 4.42 Å². The Morgan fingerprint density at radius 2 is 1.81 bits per heavy atom. The van der Waals surface area contributed by atoms with Crippen molar-refractivity contribution in [2.45, 2.75) is 13.5 Å². The lowest BCUT2D eigenvalue weighted by atomic mass is 10.1. The van der Waals surface area contributed by atoms with Gasteiger partial charge in [-0.15, -0.1) is 12.4 Å². The monoisotopic (exact) mass is 371 g/mol. The standard InChI is InChI=1S/C19H17N3O3.ClH/c1-13-9-11-25-17(13)19(24)22-16-8-3-2-7-15(16)18(23)21-12-14-6-4-5-10-20-14;/h2-11H,12H2,1H3,(H,21,23)(H,22,24);1H. The fourth-order valence-corrected chi connectivity index (χ4v) is 2.34. The van der Waals surface area contributed by atoms with Crippen LogP contribution in [0.1, 0.15) is 32.2 Å². The van der Waals surface area contributed by atoms with Crippen molar-refractivity contribution >= 4 is 29.9 Å². The van der Waals surface area contributed by atoms with Crippen LogP contribution in [0.4, 0.5) is 5.69 Å². The van der Waals surface area contributed by atoms with Gasteiger partial charge in [-0.2, -0.15) is 0 Å². The number of hydrogen-bond acceptors (Lipinski definition) is 4. The highest BCUT2D eigenvalue weighted by Crippen LogP contribution is 2.18. The van der Waals surface area contributed by atoms with Crippen LogP contribution in [0, 0.1) is 6.92 Å². The first-order chi connectivity index (χ1) is 12.1. The second kappa shape index (κ2) is 8.82. The number of aromatic nitrogens is 1. The van der Waals surface area contributed by atoms with Crippen LogP contribution in [0.2, 0.25) is 0 Å². The molecule has 0 aliphatic heterocycles. The van der Waals surface area contributed by atoms with Crippen LogP contribution in [0.3, 0.4) is 0 Å². The lowest BCUT2D eigenvalue weighted by Gasteiger charge is -2.11. The largest absolute Gasteiger partial charge is 0.459 e. The van der Waals surface area contributed by atoms with E-state index in [1.807, 2.05) is 18.2 Å². The van der Waals surface area contributed by atoms with Crippen molar-refractivity contribution in [1.82, 2.24) is 10.3 Å². The van der Waals surface area contributed by atoms with E-state index in [1.165, 1.54) is 6.26 Å². The Balaban J connectivity index is 0.00000243. The molecule has 2 amide bonds. The molecule has 7 heteroatoms. The Morgan fingerprint density at radius 1 is 1.04 bits per heavy atom. The van der Waals surface area contributed by atoms with Gasteiger partial charge < -0.3 is 15.1 Å². The molecule has 3 aromatic rings. The highest BCUT2D eigenvalue weighted by molar-refractivity contribution is 6.08. The molecule has 0 aliphatic rings. The predicted molar refractivity (Wildman–Crippen MR) is 100 cm³/mol. The van der Waals surface area contributed by atoms with Crippen LogP contribution >= 0.6 is 12.4 Å². The molecule has 2 aromatic heterocycles. The smallest absolute Gasteiger partial charge is 0.291 e. The molecule has 6 nitrogen and oxygen atoms in total. The third kappa shape index (κ3) is 4.49. The fraction of sp³-hybridized carbons (Fsp3) is 0.105. The van der Waals surface area contributed by atoms with Crippen molar-refractivity contribution in [2.24, 2.45) is 0 Å². The topological polar surface area (TPSA) is 84.2 Å². The second-order valence-electron chi connectivity index (χ2n) is 5.44. The van der Waals surface area contributed by atoms with Crippen LogP contribution in [-0.2, 0) is 6.54 Å². The third-order valence-electron chi connectivity index (χ3n) is 3.64. The molecule has 26 heavy (non-hydrogen) atoms. The van der Waals surface area contributed by atoms with Crippen LogP contribution < -0.4 is 10.6 Å². The van der Waals surface area contributed by atoms with E-state index in [0.29, 0.717) is 17.8 Å². The summed E-state index contributed by atoms with van der Waals surface area (Å²) >= 11 is 0. The number of hydrogen-bond donors (Lipinski definition) is 2. The molecule has 2 N–H and O–H groups in total. The lowest BCUT2D eigenvalue weighted by molar-refractivity contribution is 0.0951. The van der Waals surface area contributed by atoms with Gasteiger partial charge in [-0.05, 0) is 37.3 Å². The fourth-order valence-electron chi connectivity index (χ4n) is 2.34. The second-order valence-corrected chi connectivity index (χ2v) is 5.44. The SMILES string of the molecule is Cc1ccoc1C(=O)Nc1ccccc1C(=O)NCc1ccccn1.Cl. The zero-order chi connectivity index (χ0) is 17.6. The Morgan fingerprint density at radius 3 is 2.50 bits per heavy atom. The van der Waals surface area contributed by atoms with Crippen LogP contribution in [0.5, 0.6) is 0 Å². The van der Waals surface area contributed by atoms with E-state index in [9.17, 15) is 9.59 Å². The first kappa shape index (κ1) is 19.2. The van der Waals surface area contributed by atoms with E-state index < -0.39 is 5.91 Å². The predicted octanol–water partition coefficient (Wildman–Crippen LogP) is 3.59. The van der Waals surface area contributed by atoms with Crippen molar-refractivity contribution < 1.29 is 14.0 Å². The Bertz CT molecular complexity index is 894. The number of aryl methyl sites for hydroxylation is 1. The summed E-state index contributed by atoms with van der Waals surface area (Å²) in [6.07, 6.45) is 3.12. The maximum Gasteiger partial charge on any atom is 0.291 e. The summed E-state index contributed by atoms with van der Waals surface area (Å²) < 4.78 is 5.18. The van der Waals surface area contributed by atoms with E-state index >= 15 is 0 Å². The maximum atomic E-state index is 12.5. The molecule has 0 saturated carbocycles. The first-order valence-corrected chi connectivity index (χ1v) is 7.78. The van der Waals surface area contributed by atoms with Gasteiger partial charge in [0.1, 0.15) is 0 Å². The van der Waals surface area contributed by atoms with E-state index in [1.54, 1.807) is 43.5 Å². The van der Waals surface area contributed by atoms with Gasteiger partial charge in [-0.3, -0.25) is 14.6 Å². The average molecular weight is 372 g/mol. The highest BCUT2D eigenvalue weighted by atomic mass is 35.5. The zero-order valence-corrected chi connectivity index (χ0v) is 14.9. The molecule has 0 fully saturated rings. The summed E-state index contributed by atoms with van der Waals surface area (Å²) in [7, 11) is 0. The number of carbonyl (C=O) groups is 2. The Hall–Kier alpha value is -3.12. The van der Waals surface area contributed by atoms with Crippen molar-refractivity contribution in [2.75, 3.05) is 5.32 Å². The minimum absolute atomic E-state index is 0. The minimum Gasteiger partial charge on any atom is -0.459 e. The molecule has 0 aliphatic carbocycles. The number of rotatable bonds is 5. The molecular formula is C19H18ClN3O3. The molecule has 1 aromatic carbocycles. The lowest BCUT2D eigenvalue weighted by Crippen LogP contribution is -2.25. The number of nitrogens with one attached hydrogen (secondary N) is 2. The molecule has 2 heterocycles. The van der Waals surface area contributed by atoms with E-state index in [-0.39, 0.29) is 24.1 Å². The highest BCUT2D eigenvalue weighted by Gasteiger charge is 2.17. The number of carbonyl (C=O) groups excluding carboxylic acids is 2. The maximum absolute atomic E-state index is 12.5. The van der Waals surface area contributed by atoms with E-state index in [2.05, 4.69) is 15.6 Å². The Labute approximate surface area is 157 Å². The number of pyridine rings is 1. The van der Waals surface area contributed by atoms with Crippen LogP contribution in [-0.4, -0.2) is 16.8 Å². The molecule has 0 bridgehead atoms. The van der Waals surface area contributed by atoms with Crippen molar-refractivity contribution in [1.29, 1.82) is 0 Å². The van der Waals surface area contributed by atoms with Gasteiger partial charge in [-0.25, -0.2) is 0 Å². The van der Waals surface area contributed by atoms with Gasteiger partial charge in [0.25, 0.3) is 11.8 Å². The molecule has 134 valence electrons. The third-order valence-corrected chi connectivity index (χ3v) is 3.64. The molecular weight excluding hydrogens is 354 g/mol. The van der Waals surface area contributed by atoms with Gasteiger partial charge in [0.15, 0.2) is 5.76 Å². The number of nitrogens with zero attached hydrogens (tertiary/aromatic N) is 1. The van der Waals surface area contributed by atoms with E-state index in [0.717, 1.165) is 11.3 Å². The van der Waals surface area contributed by atoms with Gasteiger partial charge in [0.05, 0.1) is 29.8 Å². The molecule has 0 saturated heterocycles. The van der Waals surface area contributed by atoms with Crippen LogP contribution in [0.25, 0.3) is 0 Å². The molecule has 0 unspecified atom stereocenters. The number of para-hydroxylation sites is 1. The van der Waals surface area contributed by atoms with Crippen molar-refractivity contribution in [3.05, 3.63) is 83.6 Å². The van der Waals surface area contributed by atoms with Gasteiger partial charge in [0.2, 0.25) is 0 Å². The molecule has 0 radical (unpaired) electrons. The van der Waals surface area contributed by atoms with Crippen molar-refractivity contribution in [3.63, 3.8) is 0 Å². The summed E-state index contributed by atoms with van der Waals surface area (Å²) in [6, 6.07) is 14.0. The number of furan rings is 1. The normalized spacial score (nSPS) is 9.88. The summed E-state index contributed by atoms with van der Waals surface area (Å²) in [6.45, 7) is 2.09. The first-order valence-electron chi connectivity index (χ1n) is 7.78. The number of amides is 2. The number of benzene rings is 1. The minimum atomic E-state index is -0.396. The molecule has 0 atom stereocenters. The molecule has 3 rings (SSSR count). The quantitative estimate of drug-likeness (QED) is 0.717. The summed E-state index contributed by atoms with van der Waals surface area (Å²) in [5, 5.41) is 5.52.